The quantitative estimate of drug-likeness (QED) is 0.240. The third-order valence-corrected chi connectivity index (χ3v) is 5.77. The minimum Gasteiger partial charge on any atom is -0.462 e. The molecule has 9 nitrogen and oxygen atoms in total. The standard InChI is InChI=1S/C24H35ClN4O5/c1-15(2)33-21(30)20(24(25)10-11-32-29-24)27-14-17(28-22(31)34-23(3,4)5)12-16-13-26-19-9-7-6-8-18(16)19/h6-9,13,15,17,20,26-27,29H,10-12,14H2,1-5H3,(H,28,31). The van der Waals surface area contributed by atoms with Gasteiger partial charge in [-0.15, -0.1) is 0 Å². The summed E-state index contributed by atoms with van der Waals surface area (Å²) in [7, 11) is 0. The molecule has 1 amide bonds. The van der Waals surface area contributed by atoms with Crippen molar-refractivity contribution in [2.75, 3.05) is 13.2 Å². The molecule has 3 rings (SSSR count). The van der Waals surface area contributed by atoms with Gasteiger partial charge in [0.25, 0.3) is 0 Å². The molecule has 34 heavy (non-hydrogen) atoms. The maximum absolute atomic E-state index is 12.9. The number of hydrogen-bond donors (Lipinski definition) is 4. The van der Waals surface area contributed by atoms with Crippen molar-refractivity contribution < 1.29 is 23.9 Å². The molecule has 3 atom stereocenters. The predicted octanol–water partition coefficient (Wildman–Crippen LogP) is 3.37. The number of ether oxygens (including phenoxy) is 2. The van der Waals surface area contributed by atoms with Gasteiger partial charge in [-0.05, 0) is 52.7 Å². The fraction of sp³-hybridized carbons (Fsp3) is 0.583. The summed E-state index contributed by atoms with van der Waals surface area (Å²) in [5, 5.41) is 7.20. The zero-order valence-electron chi connectivity index (χ0n) is 20.4. The molecule has 3 unspecified atom stereocenters. The Kier molecular flexibility index (Phi) is 8.46. The Bertz CT molecular complexity index is 981. The number of alkyl halides is 1. The molecule has 1 aromatic heterocycles. The number of aromatic nitrogens is 1. The maximum atomic E-state index is 12.9. The van der Waals surface area contributed by atoms with Crippen molar-refractivity contribution in [2.45, 2.75) is 76.2 Å². The molecule has 188 valence electrons. The molecule has 0 bridgehead atoms. The van der Waals surface area contributed by atoms with E-state index in [0.717, 1.165) is 16.5 Å². The average Bonchev–Trinajstić information content (AvgIpc) is 3.33. The molecule has 1 aromatic carbocycles. The fourth-order valence-corrected chi connectivity index (χ4v) is 4.13. The monoisotopic (exact) mass is 494 g/mol. The van der Waals surface area contributed by atoms with E-state index in [0.29, 0.717) is 19.4 Å². The molecular weight excluding hydrogens is 460 g/mol. The van der Waals surface area contributed by atoms with Gasteiger partial charge in [0.15, 0.2) is 0 Å². The van der Waals surface area contributed by atoms with Gasteiger partial charge in [0, 0.05) is 36.1 Å². The first-order chi connectivity index (χ1) is 16.0. The van der Waals surface area contributed by atoms with Crippen LogP contribution < -0.4 is 16.1 Å². The topological polar surface area (TPSA) is 114 Å². The van der Waals surface area contributed by atoms with Gasteiger partial charge in [-0.3, -0.25) is 14.9 Å². The maximum Gasteiger partial charge on any atom is 0.407 e. The highest BCUT2D eigenvalue weighted by Crippen LogP contribution is 2.27. The van der Waals surface area contributed by atoms with Crippen molar-refractivity contribution in [1.29, 1.82) is 0 Å². The van der Waals surface area contributed by atoms with E-state index in [1.165, 1.54) is 0 Å². The number of nitrogens with one attached hydrogen (secondary N) is 4. The van der Waals surface area contributed by atoms with E-state index in [2.05, 4.69) is 21.1 Å². The van der Waals surface area contributed by atoms with E-state index in [-0.39, 0.29) is 12.6 Å². The van der Waals surface area contributed by atoms with Gasteiger partial charge in [0.1, 0.15) is 16.6 Å². The van der Waals surface area contributed by atoms with E-state index in [9.17, 15) is 9.59 Å². The summed E-state index contributed by atoms with van der Waals surface area (Å²) in [6, 6.07) is 6.65. The molecule has 2 aromatic rings. The van der Waals surface area contributed by atoms with Gasteiger partial charge in [0.2, 0.25) is 0 Å². The fourth-order valence-electron chi connectivity index (χ4n) is 3.83. The molecule has 2 heterocycles. The van der Waals surface area contributed by atoms with Gasteiger partial charge >= 0.3 is 12.1 Å². The third-order valence-electron chi connectivity index (χ3n) is 5.29. The van der Waals surface area contributed by atoms with Crippen molar-refractivity contribution >= 4 is 34.6 Å². The lowest BCUT2D eigenvalue weighted by Crippen LogP contribution is -2.60. The van der Waals surface area contributed by atoms with Crippen LogP contribution in [0.5, 0.6) is 0 Å². The van der Waals surface area contributed by atoms with Crippen molar-refractivity contribution in [3.63, 3.8) is 0 Å². The van der Waals surface area contributed by atoms with Crippen molar-refractivity contribution in [2.24, 2.45) is 0 Å². The van der Waals surface area contributed by atoms with E-state index in [1.54, 1.807) is 34.6 Å². The van der Waals surface area contributed by atoms with Crippen LogP contribution in [0.2, 0.25) is 0 Å². The summed E-state index contributed by atoms with van der Waals surface area (Å²) in [4.78, 5) is 32.8. The Morgan fingerprint density at radius 3 is 2.65 bits per heavy atom. The van der Waals surface area contributed by atoms with Crippen LogP contribution >= 0.6 is 11.6 Å². The molecule has 0 radical (unpaired) electrons. The van der Waals surface area contributed by atoms with Gasteiger partial charge < -0.3 is 19.8 Å². The zero-order valence-corrected chi connectivity index (χ0v) is 21.1. The summed E-state index contributed by atoms with van der Waals surface area (Å²) in [6.45, 7) is 9.58. The summed E-state index contributed by atoms with van der Waals surface area (Å²) in [5.74, 6) is -0.494. The molecule has 0 spiro atoms. The smallest absolute Gasteiger partial charge is 0.407 e. The Morgan fingerprint density at radius 1 is 1.26 bits per heavy atom. The second-order valence-corrected chi connectivity index (χ2v) is 10.5. The SMILES string of the molecule is CC(C)OC(=O)C(NCC(Cc1c[nH]c2ccccc12)NC(=O)OC(C)(C)C)C1(Cl)CCON1. The second kappa shape index (κ2) is 10.9. The number of carbonyl (C=O) groups is 2. The third kappa shape index (κ3) is 7.09. The summed E-state index contributed by atoms with van der Waals surface area (Å²) in [5.41, 5.74) is 4.13. The molecule has 10 heteroatoms. The minimum atomic E-state index is -1.16. The molecule has 1 saturated heterocycles. The summed E-state index contributed by atoms with van der Waals surface area (Å²) < 4.78 is 10.9. The van der Waals surface area contributed by atoms with Crippen molar-refractivity contribution in [1.82, 2.24) is 21.1 Å². The molecule has 0 aliphatic carbocycles. The normalized spacial score (nSPS) is 20.3. The van der Waals surface area contributed by atoms with Gasteiger partial charge in [-0.25, -0.2) is 4.79 Å². The van der Waals surface area contributed by atoms with Gasteiger partial charge in [0.05, 0.1) is 12.7 Å². The number of para-hydroxylation sites is 1. The van der Waals surface area contributed by atoms with E-state index in [1.807, 2.05) is 30.5 Å². The number of amides is 1. The minimum absolute atomic E-state index is 0.243. The van der Waals surface area contributed by atoms with E-state index in [4.69, 9.17) is 25.9 Å². The summed E-state index contributed by atoms with van der Waals surface area (Å²) in [6.07, 6.45) is 1.99. The van der Waals surface area contributed by atoms with E-state index >= 15 is 0 Å². The largest absolute Gasteiger partial charge is 0.462 e. The number of fused-ring (bicyclic) bond motifs is 1. The molecule has 1 aliphatic heterocycles. The van der Waals surface area contributed by atoms with Gasteiger partial charge in [-0.2, -0.15) is 5.48 Å². The molecule has 1 aliphatic rings. The highest BCUT2D eigenvalue weighted by Gasteiger charge is 2.46. The molecule has 0 saturated carbocycles. The molecular formula is C24H35ClN4O5. The van der Waals surface area contributed by atoms with E-state index < -0.39 is 34.7 Å². The number of esters is 1. The number of alkyl carbamates (subject to hydrolysis) is 1. The van der Waals surface area contributed by atoms with Crippen molar-refractivity contribution in [3.05, 3.63) is 36.0 Å². The highest BCUT2D eigenvalue weighted by molar-refractivity contribution is 6.25. The molecule has 1 fully saturated rings. The number of hydroxylamine groups is 1. The second-order valence-electron chi connectivity index (χ2n) is 9.80. The predicted molar refractivity (Wildman–Crippen MR) is 130 cm³/mol. The van der Waals surface area contributed by atoms with Crippen LogP contribution in [0, 0.1) is 0 Å². The average molecular weight is 495 g/mol. The highest BCUT2D eigenvalue weighted by atomic mass is 35.5. The first-order valence-corrected chi connectivity index (χ1v) is 11.9. The van der Waals surface area contributed by atoms with Crippen LogP contribution in [-0.2, 0) is 25.5 Å². The lowest BCUT2D eigenvalue weighted by Gasteiger charge is -2.32. The Morgan fingerprint density at radius 2 is 2.00 bits per heavy atom. The molecule has 4 N–H and O–H groups in total. The van der Waals surface area contributed by atoms with Crippen LogP contribution in [0.3, 0.4) is 0 Å². The van der Waals surface area contributed by atoms with Crippen molar-refractivity contribution in [3.8, 4) is 0 Å². The van der Waals surface area contributed by atoms with Crippen LogP contribution in [0.15, 0.2) is 30.5 Å². The number of carbonyl (C=O) groups excluding carboxylic acids is 2. The van der Waals surface area contributed by atoms with Crippen LogP contribution in [0.4, 0.5) is 4.79 Å². The number of benzene rings is 1. The van der Waals surface area contributed by atoms with Gasteiger partial charge in [-0.1, -0.05) is 29.8 Å². The van der Waals surface area contributed by atoms with Crippen LogP contribution in [0.25, 0.3) is 10.9 Å². The number of aromatic amines is 1. The van der Waals surface area contributed by atoms with Crippen LogP contribution in [0.1, 0.15) is 46.6 Å². The number of rotatable bonds is 9. The zero-order chi connectivity index (χ0) is 24.9. The first kappa shape index (κ1) is 26.3. The number of hydrogen-bond acceptors (Lipinski definition) is 7. The lowest BCUT2D eigenvalue weighted by molar-refractivity contribution is -0.151. The van der Waals surface area contributed by atoms with Crippen LogP contribution in [-0.4, -0.2) is 59.0 Å². The Hall–Kier alpha value is -2.33. The number of H-pyrrole nitrogens is 1. The Labute approximate surface area is 205 Å². The first-order valence-electron chi connectivity index (χ1n) is 11.5. The summed E-state index contributed by atoms with van der Waals surface area (Å²) >= 11 is 6.70. The lowest BCUT2D eigenvalue weighted by atomic mass is 10.0. The number of halogens is 1. The Balaban J connectivity index is 1.79.